The van der Waals surface area contributed by atoms with E-state index >= 15 is 0 Å². The van der Waals surface area contributed by atoms with Crippen LogP contribution in [-0.4, -0.2) is 4.98 Å². The van der Waals surface area contributed by atoms with Crippen molar-refractivity contribution < 1.29 is 0 Å². The Morgan fingerprint density at radius 2 is 2.06 bits per heavy atom. The molecule has 3 heteroatoms. The van der Waals surface area contributed by atoms with E-state index in [9.17, 15) is 0 Å². The van der Waals surface area contributed by atoms with Gasteiger partial charge in [-0.3, -0.25) is 0 Å². The normalized spacial score (nSPS) is 19.3. The molecule has 0 radical (unpaired) electrons. The highest BCUT2D eigenvalue weighted by atomic mass is 32.1. The Bertz CT molecular complexity index is 524. The van der Waals surface area contributed by atoms with Crippen molar-refractivity contribution in [3.8, 4) is 0 Å². The van der Waals surface area contributed by atoms with Crippen LogP contribution in [0.5, 0.6) is 0 Å². The van der Waals surface area contributed by atoms with E-state index < -0.39 is 0 Å². The molecule has 1 aliphatic carbocycles. The minimum atomic E-state index is 0.318. The zero-order valence-corrected chi connectivity index (χ0v) is 10.3. The van der Waals surface area contributed by atoms with Crippen LogP contribution in [0, 0.1) is 0 Å². The monoisotopic (exact) mass is 232 g/mol. The number of rotatable bonds is 1. The van der Waals surface area contributed by atoms with E-state index in [1.165, 1.54) is 35.4 Å². The second kappa shape index (κ2) is 3.45. The topological polar surface area (TPSA) is 38.9 Å². The van der Waals surface area contributed by atoms with Crippen LogP contribution < -0.4 is 5.73 Å². The van der Waals surface area contributed by atoms with Crippen LogP contribution in [0.1, 0.15) is 37.6 Å². The van der Waals surface area contributed by atoms with E-state index in [1.807, 2.05) is 29.5 Å². The summed E-state index contributed by atoms with van der Waals surface area (Å²) in [6.45, 7) is 2.35. The molecule has 0 amide bonds. The molecule has 1 fully saturated rings. The maximum Gasteiger partial charge on any atom is 0.0997 e. The molecule has 0 saturated heterocycles. The zero-order chi connectivity index (χ0) is 11.2. The summed E-state index contributed by atoms with van der Waals surface area (Å²) < 4.78 is 1.23. The molecule has 2 nitrogen and oxygen atoms in total. The van der Waals surface area contributed by atoms with E-state index in [0.29, 0.717) is 5.41 Å². The third-order valence-corrected chi connectivity index (χ3v) is 4.96. The molecule has 2 N–H and O–H groups in total. The molecule has 0 aliphatic heterocycles. The molecule has 1 aromatic carbocycles. The third kappa shape index (κ3) is 1.50. The van der Waals surface area contributed by atoms with Gasteiger partial charge in [0.05, 0.1) is 15.2 Å². The van der Waals surface area contributed by atoms with Gasteiger partial charge in [0.1, 0.15) is 0 Å². The van der Waals surface area contributed by atoms with Gasteiger partial charge in [0.25, 0.3) is 0 Å². The van der Waals surface area contributed by atoms with Crippen molar-refractivity contribution in [3.63, 3.8) is 0 Å². The summed E-state index contributed by atoms with van der Waals surface area (Å²) in [7, 11) is 0. The fraction of sp³-hybridized carbons (Fsp3) is 0.462. The molecule has 0 atom stereocenters. The first-order valence-electron chi connectivity index (χ1n) is 5.84. The summed E-state index contributed by atoms with van der Waals surface area (Å²) in [5.74, 6) is 0. The van der Waals surface area contributed by atoms with E-state index in [1.54, 1.807) is 0 Å². The minimum absolute atomic E-state index is 0.318. The molecule has 0 spiro atoms. The molecule has 0 bridgehead atoms. The summed E-state index contributed by atoms with van der Waals surface area (Å²) in [6, 6.07) is 6.00. The molecular weight excluding hydrogens is 216 g/mol. The lowest BCUT2D eigenvalue weighted by Crippen LogP contribution is -2.15. The van der Waals surface area contributed by atoms with Gasteiger partial charge in [0, 0.05) is 11.1 Å². The number of nitrogen functional groups attached to an aromatic ring is 1. The molecule has 1 saturated carbocycles. The minimum Gasteiger partial charge on any atom is -0.399 e. The first kappa shape index (κ1) is 10.1. The molecule has 1 aliphatic rings. The van der Waals surface area contributed by atoms with Crippen LogP contribution in [0.15, 0.2) is 18.2 Å². The van der Waals surface area contributed by atoms with Crippen molar-refractivity contribution in [2.75, 3.05) is 5.73 Å². The lowest BCUT2D eigenvalue weighted by molar-refractivity contribution is 0.489. The van der Waals surface area contributed by atoms with Gasteiger partial charge in [0.15, 0.2) is 0 Å². The summed E-state index contributed by atoms with van der Waals surface area (Å²) >= 11 is 1.82. The Balaban J connectivity index is 2.11. The van der Waals surface area contributed by atoms with Crippen molar-refractivity contribution >= 4 is 27.2 Å². The predicted octanol–water partition coefficient (Wildman–Crippen LogP) is 3.71. The Morgan fingerprint density at radius 3 is 2.81 bits per heavy atom. The zero-order valence-electron chi connectivity index (χ0n) is 9.49. The number of thiazole rings is 1. The molecule has 16 heavy (non-hydrogen) atoms. The first-order chi connectivity index (χ1) is 7.67. The lowest BCUT2D eigenvalue weighted by atomic mass is 9.90. The van der Waals surface area contributed by atoms with Crippen LogP contribution in [0.2, 0.25) is 0 Å². The van der Waals surface area contributed by atoms with Gasteiger partial charge >= 0.3 is 0 Å². The Hall–Kier alpha value is -1.09. The first-order valence-corrected chi connectivity index (χ1v) is 6.66. The number of nitrogens with zero attached hydrogens (tertiary/aromatic N) is 1. The maximum absolute atomic E-state index is 5.80. The van der Waals surface area contributed by atoms with Gasteiger partial charge in [-0.1, -0.05) is 19.8 Å². The SMILES string of the molecule is CC1(c2nc3ccc(N)cc3s2)CCCC1. The molecule has 2 aromatic rings. The van der Waals surface area contributed by atoms with Crippen LogP contribution in [0.4, 0.5) is 5.69 Å². The second-order valence-electron chi connectivity index (χ2n) is 5.01. The summed E-state index contributed by atoms with van der Waals surface area (Å²) in [5, 5.41) is 1.30. The van der Waals surface area contributed by atoms with Gasteiger partial charge in [-0.15, -0.1) is 11.3 Å². The number of aromatic nitrogens is 1. The Labute approximate surface area is 99.5 Å². The number of nitrogens with two attached hydrogens (primary N) is 1. The van der Waals surface area contributed by atoms with Crippen LogP contribution in [-0.2, 0) is 5.41 Å². The Morgan fingerprint density at radius 1 is 1.31 bits per heavy atom. The second-order valence-corrected chi connectivity index (χ2v) is 6.04. The van der Waals surface area contributed by atoms with E-state index in [-0.39, 0.29) is 0 Å². The van der Waals surface area contributed by atoms with Crippen molar-refractivity contribution in [2.24, 2.45) is 0 Å². The fourth-order valence-corrected chi connectivity index (χ4v) is 3.78. The average molecular weight is 232 g/mol. The Kier molecular flexibility index (Phi) is 2.18. The van der Waals surface area contributed by atoms with Crippen molar-refractivity contribution in [3.05, 3.63) is 23.2 Å². The van der Waals surface area contributed by atoms with Crippen LogP contribution in [0.25, 0.3) is 10.2 Å². The fourth-order valence-electron chi connectivity index (χ4n) is 2.57. The van der Waals surface area contributed by atoms with Gasteiger partial charge in [-0.2, -0.15) is 0 Å². The van der Waals surface area contributed by atoms with E-state index in [2.05, 4.69) is 6.92 Å². The number of benzene rings is 1. The standard InChI is InChI=1S/C13H16N2S/c1-13(6-2-3-7-13)12-15-10-5-4-9(14)8-11(10)16-12/h4-5,8H,2-3,6-7,14H2,1H3. The number of anilines is 1. The maximum atomic E-state index is 5.80. The smallest absolute Gasteiger partial charge is 0.0997 e. The quantitative estimate of drug-likeness (QED) is 0.761. The van der Waals surface area contributed by atoms with E-state index in [0.717, 1.165) is 11.2 Å². The summed E-state index contributed by atoms with van der Waals surface area (Å²) in [5.41, 5.74) is 8.05. The number of hydrogen-bond donors (Lipinski definition) is 1. The van der Waals surface area contributed by atoms with Gasteiger partial charge in [0.2, 0.25) is 0 Å². The summed E-state index contributed by atoms with van der Waals surface area (Å²) in [6.07, 6.45) is 5.24. The van der Waals surface area contributed by atoms with E-state index in [4.69, 9.17) is 10.7 Å². The van der Waals surface area contributed by atoms with Gasteiger partial charge in [-0.25, -0.2) is 4.98 Å². The lowest BCUT2D eigenvalue weighted by Gasteiger charge is -2.19. The highest BCUT2D eigenvalue weighted by molar-refractivity contribution is 7.18. The number of fused-ring (bicyclic) bond motifs is 1. The van der Waals surface area contributed by atoms with Crippen molar-refractivity contribution in [1.82, 2.24) is 4.98 Å². The highest BCUT2D eigenvalue weighted by Gasteiger charge is 2.33. The summed E-state index contributed by atoms with van der Waals surface area (Å²) in [4.78, 5) is 4.77. The van der Waals surface area contributed by atoms with Crippen molar-refractivity contribution in [2.45, 2.75) is 38.0 Å². The molecular formula is C13H16N2S. The number of hydrogen-bond acceptors (Lipinski definition) is 3. The molecule has 0 unspecified atom stereocenters. The predicted molar refractivity (Wildman–Crippen MR) is 69.9 cm³/mol. The average Bonchev–Trinajstić information content (AvgIpc) is 2.84. The molecule has 1 heterocycles. The van der Waals surface area contributed by atoms with Crippen LogP contribution in [0.3, 0.4) is 0 Å². The molecule has 84 valence electrons. The van der Waals surface area contributed by atoms with Crippen LogP contribution >= 0.6 is 11.3 Å². The van der Waals surface area contributed by atoms with Crippen molar-refractivity contribution in [1.29, 1.82) is 0 Å². The largest absolute Gasteiger partial charge is 0.399 e. The highest BCUT2D eigenvalue weighted by Crippen LogP contribution is 2.43. The van der Waals surface area contributed by atoms with Gasteiger partial charge < -0.3 is 5.73 Å². The molecule has 3 rings (SSSR count). The molecule has 1 aromatic heterocycles. The third-order valence-electron chi connectivity index (χ3n) is 3.64. The van der Waals surface area contributed by atoms with Gasteiger partial charge in [-0.05, 0) is 31.0 Å².